The summed E-state index contributed by atoms with van der Waals surface area (Å²) in [5.41, 5.74) is 5.67. The van der Waals surface area contributed by atoms with Crippen molar-refractivity contribution >= 4 is 17.7 Å². The molecule has 0 radical (unpaired) electrons. The molecule has 0 saturated carbocycles. The van der Waals surface area contributed by atoms with Crippen LogP contribution in [0.1, 0.15) is 6.42 Å². The van der Waals surface area contributed by atoms with E-state index in [-0.39, 0.29) is 12.0 Å². The van der Waals surface area contributed by atoms with E-state index >= 15 is 0 Å². The van der Waals surface area contributed by atoms with Crippen molar-refractivity contribution in [2.75, 3.05) is 32.3 Å². The van der Waals surface area contributed by atoms with Gasteiger partial charge in [0.25, 0.3) is 0 Å². The fourth-order valence-corrected chi connectivity index (χ4v) is 1.63. The number of nitrogens with two attached hydrogens (primary N) is 1. The Labute approximate surface area is 83.1 Å². The molecule has 0 aliphatic rings. The second-order valence-corrected chi connectivity index (χ2v) is 3.77. The molecule has 0 saturated heterocycles. The maximum atomic E-state index is 10.7. The lowest BCUT2D eigenvalue weighted by atomic mass is 10.4. The first-order valence-electron chi connectivity index (χ1n) is 4.09. The molecule has 0 rings (SSSR count). The summed E-state index contributed by atoms with van der Waals surface area (Å²) in [4.78, 5) is 10.7. The van der Waals surface area contributed by atoms with Crippen molar-refractivity contribution in [3.05, 3.63) is 0 Å². The molecule has 0 heterocycles. The number of thioether (sulfide) groups is 1. The van der Waals surface area contributed by atoms with Crippen LogP contribution < -0.4 is 5.73 Å². The van der Waals surface area contributed by atoms with E-state index in [9.17, 15) is 4.79 Å². The SMILES string of the molecule is COCC(N)CSCCC(=O)OC. The molecule has 1 unspecified atom stereocenters. The van der Waals surface area contributed by atoms with Gasteiger partial charge in [-0.2, -0.15) is 11.8 Å². The van der Waals surface area contributed by atoms with Crippen molar-refractivity contribution in [1.82, 2.24) is 0 Å². The molecule has 13 heavy (non-hydrogen) atoms. The average Bonchev–Trinajstić information content (AvgIpc) is 2.12. The fraction of sp³-hybridized carbons (Fsp3) is 0.875. The first-order valence-corrected chi connectivity index (χ1v) is 5.25. The number of rotatable bonds is 7. The molecular formula is C8H17NO3S. The van der Waals surface area contributed by atoms with Gasteiger partial charge in [0.05, 0.1) is 20.1 Å². The Morgan fingerprint density at radius 3 is 2.77 bits per heavy atom. The van der Waals surface area contributed by atoms with Crippen LogP contribution in [0.15, 0.2) is 0 Å². The lowest BCUT2D eigenvalue weighted by Gasteiger charge is -2.08. The van der Waals surface area contributed by atoms with Crippen molar-refractivity contribution in [2.45, 2.75) is 12.5 Å². The van der Waals surface area contributed by atoms with Crippen molar-refractivity contribution in [3.63, 3.8) is 0 Å². The molecule has 5 heteroatoms. The van der Waals surface area contributed by atoms with Crippen LogP contribution in [0.4, 0.5) is 0 Å². The van der Waals surface area contributed by atoms with E-state index in [1.807, 2.05) is 0 Å². The summed E-state index contributed by atoms with van der Waals surface area (Å²) >= 11 is 1.64. The predicted molar refractivity (Wildman–Crippen MR) is 53.8 cm³/mol. The highest BCUT2D eigenvalue weighted by Crippen LogP contribution is 2.04. The van der Waals surface area contributed by atoms with E-state index in [1.165, 1.54) is 7.11 Å². The minimum absolute atomic E-state index is 0.0487. The van der Waals surface area contributed by atoms with Gasteiger partial charge >= 0.3 is 5.97 Å². The molecule has 0 aliphatic heterocycles. The molecule has 0 fully saturated rings. The lowest BCUT2D eigenvalue weighted by Crippen LogP contribution is -2.28. The Morgan fingerprint density at radius 2 is 2.23 bits per heavy atom. The monoisotopic (exact) mass is 207 g/mol. The van der Waals surface area contributed by atoms with E-state index in [1.54, 1.807) is 18.9 Å². The van der Waals surface area contributed by atoms with E-state index < -0.39 is 0 Å². The first-order chi connectivity index (χ1) is 6.20. The molecule has 0 aromatic rings. The fourth-order valence-electron chi connectivity index (χ4n) is 0.754. The zero-order chi connectivity index (χ0) is 10.1. The summed E-state index contributed by atoms with van der Waals surface area (Å²) in [7, 11) is 3.02. The van der Waals surface area contributed by atoms with Crippen LogP contribution in [-0.2, 0) is 14.3 Å². The molecule has 0 aromatic heterocycles. The Bertz CT molecular complexity index is 143. The molecule has 0 aromatic carbocycles. The van der Waals surface area contributed by atoms with Gasteiger partial charge in [-0.15, -0.1) is 0 Å². The largest absolute Gasteiger partial charge is 0.469 e. The molecule has 0 spiro atoms. The van der Waals surface area contributed by atoms with Crippen LogP contribution >= 0.6 is 11.8 Å². The second-order valence-electron chi connectivity index (χ2n) is 2.62. The van der Waals surface area contributed by atoms with Gasteiger partial charge in [-0.3, -0.25) is 4.79 Å². The topological polar surface area (TPSA) is 61.5 Å². The highest BCUT2D eigenvalue weighted by atomic mass is 32.2. The number of hydrogen-bond acceptors (Lipinski definition) is 5. The molecular weight excluding hydrogens is 190 g/mol. The summed E-state index contributed by atoms with van der Waals surface area (Å²) < 4.78 is 9.37. The van der Waals surface area contributed by atoms with Gasteiger partial charge < -0.3 is 15.2 Å². The maximum absolute atomic E-state index is 10.7. The lowest BCUT2D eigenvalue weighted by molar-refractivity contribution is -0.140. The Morgan fingerprint density at radius 1 is 1.54 bits per heavy atom. The van der Waals surface area contributed by atoms with Gasteiger partial charge in [-0.1, -0.05) is 0 Å². The number of carbonyl (C=O) groups is 1. The number of esters is 1. The molecule has 78 valence electrons. The zero-order valence-electron chi connectivity index (χ0n) is 8.12. The van der Waals surface area contributed by atoms with Crippen LogP contribution in [0.25, 0.3) is 0 Å². The summed E-state index contributed by atoms with van der Waals surface area (Å²) in [5, 5.41) is 0. The Kier molecular flexibility index (Phi) is 8.18. The van der Waals surface area contributed by atoms with Crippen LogP contribution in [0.5, 0.6) is 0 Å². The van der Waals surface area contributed by atoms with Gasteiger partial charge in [0.15, 0.2) is 0 Å². The average molecular weight is 207 g/mol. The number of ether oxygens (including phenoxy) is 2. The Hall–Kier alpha value is -0.260. The minimum Gasteiger partial charge on any atom is -0.469 e. The summed E-state index contributed by atoms with van der Waals surface area (Å²) in [6, 6.07) is 0.0487. The third kappa shape index (κ3) is 8.08. The summed E-state index contributed by atoms with van der Waals surface area (Å²) in [6.07, 6.45) is 0.445. The second kappa shape index (κ2) is 8.34. The van der Waals surface area contributed by atoms with E-state index in [4.69, 9.17) is 10.5 Å². The highest BCUT2D eigenvalue weighted by molar-refractivity contribution is 7.99. The number of methoxy groups -OCH3 is 2. The first kappa shape index (κ1) is 12.7. The van der Waals surface area contributed by atoms with Crippen LogP contribution in [0.2, 0.25) is 0 Å². The molecule has 0 aliphatic carbocycles. The normalized spacial score (nSPS) is 12.5. The van der Waals surface area contributed by atoms with Gasteiger partial charge in [-0.05, 0) is 0 Å². The van der Waals surface area contributed by atoms with E-state index in [0.717, 1.165) is 11.5 Å². The minimum atomic E-state index is -0.173. The quantitative estimate of drug-likeness (QED) is 0.479. The predicted octanol–water partition coefficient (Wildman–Crippen LogP) is 0.256. The Balaban J connectivity index is 3.20. The molecule has 0 bridgehead atoms. The third-order valence-electron chi connectivity index (χ3n) is 1.39. The van der Waals surface area contributed by atoms with Gasteiger partial charge in [0, 0.05) is 24.7 Å². The molecule has 4 nitrogen and oxygen atoms in total. The molecule has 1 atom stereocenters. The molecule has 0 amide bonds. The van der Waals surface area contributed by atoms with Crippen molar-refractivity contribution in [3.8, 4) is 0 Å². The highest BCUT2D eigenvalue weighted by Gasteiger charge is 2.03. The number of carbonyl (C=O) groups excluding carboxylic acids is 1. The van der Waals surface area contributed by atoms with Crippen molar-refractivity contribution < 1.29 is 14.3 Å². The van der Waals surface area contributed by atoms with E-state index in [0.29, 0.717) is 13.0 Å². The van der Waals surface area contributed by atoms with Gasteiger partial charge in [0.1, 0.15) is 0 Å². The standard InChI is InChI=1S/C8H17NO3S/c1-11-5-7(9)6-13-4-3-8(10)12-2/h7H,3-6,9H2,1-2H3. The zero-order valence-corrected chi connectivity index (χ0v) is 8.93. The molecule has 2 N–H and O–H groups in total. The summed E-state index contributed by atoms with van der Waals surface area (Å²) in [6.45, 7) is 0.561. The smallest absolute Gasteiger partial charge is 0.306 e. The van der Waals surface area contributed by atoms with E-state index in [2.05, 4.69) is 4.74 Å². The van der Waals surface area contributed by atoms with Gasteiger partial charge in [-0.25, -0.2) is 0 Å². The van der Waals surface area contributed by atoms with Crippen molar-refractivity contribution in [1.29, 1.82) is 0 Å². The third-order valence-corrected chi connectivity index (χ3v) is 2.55. The van der Waals surface area contributed by atoms with Crippen LogP contribution in [0.3, 0.4) is 0 Å². The van der Waals surface area contributed by atoms with Crippen LogP contribution in [0, 0.1) is 0 Å². The maximum Gasteiger partial charge on any atom is 0.306 e. The summed E-state index contributed by atoms with van der Waals surface area (Å²) in [5.74, 6) is 1.39. The van der Waals surface area contributed by atoms with Gasteiger partial charge in [0.2, 0.25) is 0 Å². The van der Waals surface area contributed by atoms with Crippen LogP contribution in [-0.4, -0.2) is 44.3 Å². The van der Waals surface area contributed by atoms with Crippen molar-refractivity contribution in [2.24, 2.45) is 5.73 Å². The number of hydrogen-bond donors (Lipinski definition) is 1.